The summed E-state index contributed by atoms with van der Waals surface area (Å²) in [6.07, 6.45) is 5.49. The lowest BCUT2D eigenvalue weighted by atomic mass is 10.0. The predicted octanol–water partition coefficient (Wildman–Crippen LogP) is 2.46. The molecule has 1 aliphatic rings. The quantitative estimate of drug-likeness (QED) is 0.869. The number of hydrogen-bond donors (Lipinski definition) is 1. The molecule has 0 saturated heterocycles. The van der Waals surface area contributed by atoms with Gasteiger partial charge in [-0.25, -0.2) is 9.97 Å². The summed E-state index contributed by atoms with van der Waals surface area (Å²) in [6, 6.07) is 2.04. The van der Waals surface area contributed by atoms with Gasteiger partial charge in [-0.2, -0.15) is 0 Å². The molecule has 0 radical (unpaired) electrons. The second-order valence-electron chi connectivity index (χ2n) is 4.73. The molecule has 4 nitrogen and oxygen atoms in total. The summed E-state index contributed by atoms with van der Waals surface area (Å²) >= 11 is 0. The van der Waals surface area contributed by atoms with Crippen LogP contribution in [0.25, 0.3) is 0 Å². The van der Waals surface area contributed by atoms with Crippen LogP contribution < -0.4 is 0 Å². The fraction of sp³-hybridized carbons (Fsp3) is 0.615. The van der Waals surface area contributed by atoms with Crippen molar-refractivity contribution in [3.8, 4) is 0 Å². The summed E-state index contributed by atoms with van der Waals surface area (Å²) in [6.45, 7) is 1.95. The van der Waals surface area contributed by atoms with Crippen molar-refractivity contribution in [3.63, 3.8) is 0 Å². The molecule has 1 saturated carbocycles. The van der Waals surface area contributed by atoms with Crippen LogP contribution in [0.4, 0.5) is 0 Å². The number of carboxylic acids is 1. The van der Waals surface area contributed by atoms with Crippen molar-refractivity contribution < 1.29 is 9.90 Å². The fourth-order valence-electron chi connectivity index (χ4n) is 2.42. The van der Waals surface area contributed by atoms with Crippen molar-refractivity contribution in [2.24, 2.45) is 0 Å². The predicted molar refractivity (Wildman–Crippen MR) is 63.9 cm³/mol. The third kappa shape index (κ3) is 3.25. The van der Waals surface area contributed by atoms with Crippen LogP contribution >= 0.6 is 0 Å². The van der Waals surface area contributed by atoms with Crippen LogP contribution in [-0.4, -0.2) is 21.0 Å². The second kappa shape index (κ2) is 5.25. The fourth-order valence-corrected chi connectivity index (χ4v) is 2.42. The third-order valence-corrected chi connectivity index (χ3v) is 3.26. The molecule has 0 atom stereocenters. The van der Waals surface area contributed by atoms with E-state index in [0.717, 1.165) is 11.4 Å². The highest BCUT2D eigenvalue weighted by Gasteiger charge is 2.19. The number of aromatic nitrogens is 2. The summed E-state index contributed by atoms with van der Waals surface area (Å²) in [7, 11) is 0. The monoisotopic (exact) mass is 234 g/mol. The maximum absolute atomic E-state index is 10.5. The number of nitrogens with zero attached hydrogens (tertiary/aromatic N) is 2. The molecule has 0 aromatic carbocycles. The molecule has 1 fully saturated rings. The molecule has 0 spiro atoms. The van der Waals surface area contributed by atoms with E-state index in [0.29, 0.717) is 18.2 Å². The van der Waals surface area contributed by atoms with Gasteiger partial charge < -0.3 is 5.11 Å². The average molecular weight is 234 g/mol. The van der Waals surface area contributed by atoms with E-state index in [1.807, 2.05) is 13.0 Å². The van der Waals surface area contributed by atoms with Crippen LogP contribution in [-0.2, 0) is 11.2 Å². The molecule has 2 rings (SSSR count). The van der Waals surface area contributed by atoms with Gasteiger partial charge in [0.05, 0.1) is 6.42 Å². The Labute approximate surface area is 101 Å². The van der Waals surface area contributed by atoms with Gasteiger partial charge in [-0.1, -0.05) is 12.8 Å². The lowest BCUT2D eigenvalue weighted by Gasteiger charge is -2.10. The van der Waals surface area contributed by atoms with Gasteiger partial charge >= 0.3 is 5.97 Å². The molecule has 0 unspecified atom stereocenters. The molecule has 92 valence electrons. The number of carbonyl (C=O) groups is 1. The van der Waals surface area contributed by atoms with Crippen LogP contribution in [0.15, 0.2) is 6.07 Å². The number of hydrogen-bond acceptors (Lipinski definition) is 3. The zero-order valence-electron chi connectivity index (χ0n) is 10.1. The first-order valence-corrected chi connectivity index (χ1v) is 6.21. The molecule has 1 aromatic heterocycles. The van der Waals surface area contributed by atoms with E-state index < -0.39 is 5.97 Å². The van der Waals surface area contributed by atoms with Crippen LogP contribution in [0.2, 0.25) is 0 Å². The van der Waals surface area contributed by atoms with Gasteiger partial charge in [0, 0.05) is 23.7 Å². The first-order valence-electron chi connectivity index (χ1n) is 6.21. The Morgan fingerprint density at radius 3 is 2.76 bits per heavy atom. The van der Waals surface area contributed by atoms with Gasteiger partial charge in [0.15, 0.2) is 0 Å². The first-order chi connectivity index (χ1) is 8.15. The smallest absolute Gasteiger partial charge is 0.303 e. The standard InChI is InChI=1S/C13H18N2O2/c1-9-8-11(10-4-2-3-5-10)15-12(14-9)6-7-13(16)17/h8,10H,2-7H2,1H3,(H,16,17). The van der Waals surface area contributed by atoms with Crippen molar-refractivity contribution in [3.05, 3.63) is 23.3 Å². The van der Waals surface area contributed by atoms with Crippen molar-refractivity contribution in [2.45, 2.75) is 51.4 Å². The maximum atomic E-state index is 10.5. The SMILES string of the molecule is Cc1cc(C2CCCC2)nc(CCC(=O)O)n1. The number of aliphatic carboxylic acids is 1. The Balaban J connectivity index is 2.13. The largest absolute Gasteiger partial charge is 0.481 e. The third-order valence-electron chi connectivity index (χ3n) is 3.26. The molecule has 17 heavy (non-hydrogen) atoms. The molecular weight excluding hydrogens is 216 g/mol. The Bertz CT molecular complexity index is 412. The Morgan fingerprint density at radius 1 is 1.41 bits per heavy atom. The molecule has 1 aromatic rings. The van der Waals surface area contributed by atoms with E-state index in [4.69, 9.17) is 5.11 Å². The molecule has 0 aliphatic heterocycles. The van der Waals surface area contributed by atoms with Crippen molar-refractivity contribution >= 4 is 5.97 Å². The highest BCUT2D eigenvalue weighted by molar-refractivity contribution is 5.66. The lowest BCUT2D eigenvalue weighted by Crippen LogP contribution is -2.06. The van der Waals surface area contributed by atoms with Crippen molar-refractivity contribution in [2.75, 3.05) is 0 Å². The Hall–Kier alpha value is -1.45. The van der Waals surface area contributed by atoms with Crippen LogP contribution in [0.3, 0.4) is 0 Å². The average Bonchev–Trinajstić information content (AvgIpc) is 2.79. The van der Waals surface area contributed by atoms with E-state index in [1.54, 1.807) is 0 Å². The molecule has 1 heterocycles. The van der Waals surface area contributed by atoms with Gasteiger partial charge in [0.25, 0.3) is 0 Å². The van der Waals surface area contributed by atoms with Gasteiger partial charge in [-0.05, 0) is 25.8 Å². The summed E-state index contributed by atoms with van der Waals surface area (Å²) in [5, 5.41) is 8.67. The lowest BCUT2D eigenvalue weighted by molar-refractivity contribution is -0.137. The second-order valence-corrected chi connectivity index (χ2v) is 4.73. The van der Waals surface area contributed by atoms with Crippen LogP contribution in [0.5, 0.6) is 0 Å². The summed E-state index contributed by atoms with van der Waals surface area (Å²) in [4.78, 5) is 19.4. The van der Waals surface area contributed by atoms with Crippen LogP contribution in [0, 0.1) is 6.92 Å². The normalized spacial score (nSPS) is 16.3. The maximum Gasteiger partial charge on any atom is 0.303 e. The minimum Gasteiger partial charge on any atom is -0.481 e. The van der Waals surface area contributed by atoms with Gasteiger partial charge in [0.2, 0.25) is 0 Å². The van der Waals surface area contributed by atoms with E-state index in [9.17, 15) is 4.79 Å². The zero-order valence-corrected chi connectivity index (χ0v) is 10.1. The number of carboxylic acid groups (broad SMARTS) is 1. The van der Waals surface area contributed by atoms with E-state index >= 15 is 0 Å². The Kier molecular flexibility index (Phi) is 3.71. The topological polar surface area (TPSA) is 63.1 Å². The minimum absolute atomic E-state index is 0.105. The van der Waals surface area contributed by atoms with Gasteiger partial charge in [0.1, 0.15) is 5.82 Å². The first kappa shape index (κ1) is 12.0. The van der Waals surface area contributed by atoms with Crippen molar-refractivity contribution in [1.82, 2.24) is 9.97 Å². The molecule has 4 heteroatoms. The highest BCUT2D eigenvalue weighted by Crippen LogP contribution is 2.33. The summed E-state index contributed by atoms with van der Waals surface area (Å²) in [5.41, 5.74) is 2.05. The molecule has 0 bridgehead atoms. The molecule has 1 N–H and O–H groups in total. The van der Waals surface area contributed by atoms with E-state index in [1.165, 1.54) is 25.7 Å². The van der Waals surface area contributed by atoms with E-state index in [2.05, 4.69) is 9.97 Å². The van der Waals surface area contributed by atoms with E-state index in [-0.39, 0.29) is 6.42 Å². The molecule has 1 aliphatic carbocycles. The van der Waals surface area contributed by atoms with Gasteiger partial charge in [-0.15, -0.1) is 0 Å². The van der Waals surface area contributed by atoms with Crippen molar-refractivity contribution in [1.29, 1.82) is 0 Å². The van der Waals surface area contributed by atoms with Gasteiger partial charge in [-0.3, -0.25) is 4.79 Å². The Morgan fingerprint density at radius 2 is 2.12 bits per heavy atom. The summed E-state index contributed by atoms with van der Waals surface area (Å²) in [5.74, 6) is 0.437. The molecule has 0 amide bonds. The zero-order chi connectivity index (χ0) is 12.3. The summed E-state index contributed by atoms with van der Waals surface area (Å²) < 4.78 is 0. The highest BCUT2D eigenvalue weighted by atomic mass is 16.4. The number of rotatable bonds is 4. The number of aryl methyl sites for hydroxylation is 2. The minimum atomic E-state index is -0.794. The molecular formula is C13H18N2O2. The van der Waals surface area contributed by atoms with Crippen LogP contribution in [0.1, 0.15) is 55.2 Å².